The van der Waals surface area contributed by atoms with Gasteiger partial charge < -0.3 is 5.32 Å². The van der Waals surface area contributed by atoms with E-state index in [0.29, 0.717) is 0 Å². The van der Waals surface area contributed by atoms with E-state index in [0.717, 1.165) is 29.6 Å². The number of piperidine rings is 1. The minimum absolute atomic E-state index is 1.04. The molecule has 25 heavy (non-hydrogen) atoms. The highest BCUT2D eigenvalue weighted by atomic mass is 14.9. The Kier molecular flexibility index (Phi) is 8.64. The van der Waals surface area contributed by atoms with Crippen molar-refractivity contribution in [2.75, 3.05) is 13.1 Å². The number of hydrogen-bond donors (Lipinski definition) is 1. The van der Waals surface area contributed by atoms with Crippen LogP contribution in [0.25, 0.3) is 0 Å². The number of nitrogens with one attached hydrogen (secondary N) is 1. The van der Waals surface area contributed by atoms with Gasteiger partial charge in [0, 0.05) is 0 Å². The summed E-state index contributed by atoms with van der Waals surface area (Å²) in [6.45, 7) is 4.89. The van der Waals surface area contributed by atoms with Crippen LogP contribution in [-0.4, -0.2) is 13.1 Å². The molecule has 1 N–H and O–H groups in total. The van der Waals surface area contributed by atoms with Crippen molar-refractivity contribution in [1.82, 2.24) is 5.32 Å². The summed E-state index contributed by atoms with van der Waals surface area (Å²) in [5.41, 5.74) is 0. The van der Waals surface area contributed by atoms with Crippen molar-refractivity contribution >= 4 is 0 Å². The lowest BCUT2D eigenvalue weighted by Crippen LogP contribution is -2.28. The highest BCUT2D eigenvalue weighted by molar-refractivity contribution is 4.82. The van der Waals surface area contributed by atoms with E-state index in [4.69, 9.17) is 0 Å². The van der Waals surface area contributed by atoms with Gasteiger partial charge in [-0.05, 0) is 81.2 Å². The molecule has 0 aromatic heterocycles. The Morgan fingerprint density at radius 1 is 0.560 bits per heavy atom. The predicted molar refractivity (Wildman–Crippen MR) is 110 cm³/mol. The normalized spacial score (nSPS) is 34.9. The first-order valence-electron chi connectivity index (χ1n) is 12.1. The van der Waals surface area contributed by atoms with Crippen molar-refractivity contribution in [2.45, 2.75) is 110 Å². The lowest BCUT2D eigenvalue weighted by atomic mass is 9.68. The molecule has 0 aromatic rings. The molecule has 0 unspecified atom stereocenters. The number of unbranched alkanes of at least 4 members (excludes halogenated alkanes) is 2. The highest BCUT2D eigenvalue weighted by Crippen LogP contribution is 2.43. The van der Waals surface area contributed by atoms with Gasteiger partial charge in [0.2, 0.25) is 0 Å². The Morgan fingerprint density at radius 2 is 1.04 bits per heavy atom. The molecule has 1 heterocycles. The van der Waals surface area contributed by atoms with Crippen LogP contribution in [0.5, 0.6) is 0 Å². The van der Waals surface area contributed by atoms with Crippen LogP contribution in [0.15, 0.2) is 0 Å². The molecule has 3 aliphatic rings. The average Bonchev–Trinajstić information content (AvgIpc) is 2.68. The van der Waals surface area contributed by atoms with Crippen LogP contribution in [0, 0.1) is 29.6 Å². The van der Waals surface area contributed by atoms with Crippen molar-refractivity contribution in [3.8, 4) is 0 Å². The molecule has 1 heteroatoms. The maximum atomic E-state index is 3.51. The molecule has 3 fully saturated rings. The topological polar surface area (TPSA) is 12.0 Å². The maximum absolute atomic E-state index is 3.51. The van der Waals surface area contributed by atoms with Crippen LogP contribution < -0.4 is 5.32 Å². The molecule has 0 aromatic carbocycles. The minimum Gasteiger partial charge on any atom is -0.317 e. The Balaban J connectivity index is 1.27. The molecule has 0 amide bonds. The highest BCUT2D eigenvalue weighted by Gasteiger charge is 2.30. The second kappa shape index (κ2) is 11.0. The van der Waals surface area contributed by atoms with Gasteiger partial charge in [-0.2, -0.15) is 0 Å². The van der Waals surface area contributed by atoms with Gasteiger partial charge in [-0.15, -0.1) is 0 Å². The summed E-state index contributed by atoms with van der Waals surface area (Å²) in [7, 11) is 0. The van der Waals surface area contributed by atoms with E-state index in [-0.39, 0.29) is 0 Å². The fourth-order valence-electron chi connectivity index (χ4n) is 6.22. The third-order valence-corrected chi connectivity index (χ3v) is 8.11. The summed E-state index contributed by atoms with van der Waals surface area (Å²) < 4.78 is 0. The van der Waals surface area contributed by atoms with Gasteiger partial charge in [0.25, 0.3) is 0 Å². The quantitative estimate of drug-likeness (QED) is 0.468. The van der Waals surface area contributed by atoms with Crippen molar-refractivity contribution in [1.29, 1.82) is 0 Å². The first kappa shape index (κ1) is 19.7. The molecule has 3 rings (SSSR count). The average molecular weight is 348 g/mol. The van der Waals surface area contributed by atoms with Gasteiger partial charge >= 0.3 is 0 Å². The number of rotatable bonds is 8. The van der Waals surface area contributed by atoms with Crippen molar-refractivity contribution in [3.63, 3.8) is 0 Å². The maximum Gasteiger partial charge on any atom is -0.00463 e. The fraction of sp³-hybridized carbons (Fsp3) is 1.00. The third-order valence-electron chi connectivity index (χ3n) is 8.11. The first-order valence-corrected chi connectivity index (χ1v) is 12.1. The largest absolute Gasteiger partial charge is 0.317 e. The Hall–Kier alpha value is -0.0400. The van der Waals surface area contributed by atoms with E-state index in [1.807, 2.05) is 0 Å². The zero-order valence-electron chi connectivity index (χ0n) is 17.1. The van der Waals surface area contributed by atoms with E-state index in [9.17, 15) is 0 Å². The van der Waals surface area contributed by atoms with E-state index >= 15 is 0 Å². The molecule has 1 saturated heterocycles. The number of hydrogen-bond acceptors (Lipinski definition) is 1. The van der Waals surface area contributed by atoms with E-state index < -0.39 is 0 Å². The van der Waals surface area contributed by atoms with Gasteiger partial charge in [0.1, 0.15) is 0 Å². The Bertz CT molecular complexity index is 330. The molecule has 146 valence electrons. The van der Waals surface area contributed by atoms with Crippen molar-refractivity contribution in [2.24, 2.45) is 29.6 Å². The smallest absolute Gasteiger partial charge is 0.00463 e. The molecule has 1 nitrogen and oxygen atoms in total. The Labute approximate surface area is 158 Å². The molecule has 0 bridgehead atoms. The fourth-order valence-corrected chi connectivity index (χ4v) is 6.22. The zero-order valence-corrected chi connectivity index (χ0v) is 17.1. The molecule has 2 aliphatic carbocycles. The molecular formula is C24H45N. The van der Waals surface area contributed by atoms with Crippen molar-refractivity contribution in [3.05, 3.63) is 0 Å². The second-order valence-corrected chi connectivity index (χ2v) is 9.83. The standard InChI is InChI=1S/C24H45N/c1-2-3-4-5-20-8-12-23(13-9-20)24-14-10-21(11-15-24)6-7-22-16-18-25-19-17-22/h20-25H,2-19H2,1H3. The van der Waals surface area contributed by atoms with Gasteiger partial charge in [-0.1, -0.05) is 71.1 Å². The summed E-state index contributed by atoms with van der Waals surface area (Å²) in [5, 5.41) is 3.51. The second-order valence-electron chi connectivity index (χ2n) is 9.83. The molecule has 2 saturated carbocycles. The zero-order chi connectivity index (χ0) is 17.3. The predicted octanol–water partition coefficient (Wildman–Crippen LogP) is 6.96. The minimum atomic E-state index is 1.04. The lowest BCUT2D eigenvalue weighted by Gasteiger charge is -2.38. The van der Waals surface area contributed by atoms with E-state index in [1.165, 1.54) is 58.0 Å². The summed E-state index contributed by atoms with van der Waals surface area (Å²) in [5.74, 6) is 5.42. The lowest BCUT2D eigenvalue weighted by molar-refractivity contribution is 0.137. The summed E-state index contributed by atoms with van der Waals surface area (Å²) in [6, 6.07) is 0. The van der Waals surface area contributed by atoms with Crippen LogP contribution in [0.2, 0.25) is 0 Å². The van der Waals surface area contributed by atoms with Crippen LogP contribution in [0.4, 0.5) is 0 Å². The van der Waals surface area contributed by atoms with Gasteiger partial charge in [-0.25, -0.2) is 0 Å². The van der Waals surface area contributed by atoms with Crippen LogP contribution >= 0.6 is 0 Å². The van der Waals surface area contributed by atoms with Crippen molar-refractivity contribution < 1.29 is 0 Å². The molecule has 1 aliphatic heterocycles. The van der Waals surface area contributed by atoms with Gasteiger partial charge in [0.15, 0.2) is 0 Å². The molecule has 0 atom stereocenters. The monoisotopic (exact) mass is 347 g/mol. The molecule has 0 radical (unpaired) electrons. The summed E-state index contributed by atoms with van der Waals surface area (Å²) in [4.78, 5) is 0. The summed E-state index contributed by atoms with van der Waals surface area (Å²) >= 11 is 0. The van der Waals surface area contributed by atoms with Crippen LogP contribution in [0.3, 0.4) is 0 Å². The van der Waals surface area contributed by atoms with E-state index in [1.54, 1.807) is 57.8 Å². The molecule has 0 spiro atoms. The van der Waals surface area contributed by atoms with Crippen LogP contribution in [0.1, 0.15) is 110 Å². The van der Waals surface area contributed by atoms with Gasteiger partial charge in [-0.3, -0.25) is 0 Å². The summed E-state index contributed by atoms with van der Waals surface area (Å²) in [6.07, 6.45) is 24.4. The molecular weight excluding hydrogens is 302 g/mol. The Morgan fingerprint density at radius 3 is 1.56 bits per heavy atom. The first-order chi connectivity index (χ1) is 12.3. The SMILES string of the molecule is CCCCCC1CCC(C2CCC(CCC3CCNCC3)CC2)CC1. The van der Waals surface area contributed by atoms with Gasteiger partial charge in [0.05, 0.1) is 0 Å². The van der Waals surface area contributed by atoms with E-state index in [2.05, 4.69) is 12.2 Å². The third kappa shape index (κ3) is 6.56. The van der Waals surface area contributed by atoms with Crippen LogP contribution in [-0.2, 0) is 0 Å².